The highest BCUT2D eigenvalue weighted by atomic mass is 16.3. The predicted molar refractivity (Wildman–Crippen MR) is 249 cm³/mol. The molecule has 3 heteroatoms. The Balaban J connectivity index is 1.05. The summed E-state index contributed by atoms with van der Waals surface area (Å²) in [5.41, 5.74) is 9.17. The lowest BCUT2D eigenvalue weighted by Crippen LogP contribution is -2.10. The fourth-order valence-electron chi connectivity index (χ4n) is 8.85. The number of para-hydroxylation sites is 2. The number of furan rings is 1. The van der Waals surface area contributed by atoms with E-state index in [-0.39, 0.29) is 35.4 Å². The van der Waals surface area contributed by atoms with Gasteiger partial charge in [0.1, 0.15) is 11.2 Å². The fraction of sp³-hybridized carbons (Fsp3) is 0. The number of aromatic nitrogens is 1. The van der Waals surface area contributed by atoms with Crippen LogP contribution in [0.15, 0.2) is 223 Å². The number of anilines is 3. The summed E-state index contributed by atoms with van der Waals surface area (Å²) in [4.78, 5) is 1.87. The van der Waals surface area contributed by atoms with E-state index in [1.54, 1.807) is 0 Å². The zero-order valence-corrected chi connectivity index (χ0v) is 31.8. The van der Waals surface area contributed by atoms with Gasteiger partial charge in [-0.3, -0.25) is 0 Å². The van der Waals surface area contributed by atoms with E-state index in [1.165, 1.54) is 10.8 Å². The van der Waals surface area contributed by atoms with Gasteiger partial charge in [0.2, 0.25) is 0 Å². The SMILES string of the molecule is [2H]c1c([2H])c(N(c2ccc(-c3cccc(-n4c5ccccc5c5ccccc54)c3)cc2)c2cccc3oc4c5ccccc5ccc4c23)c([2H])c([2H])c1-c1ccc2ccccc2c1. The van der Waals surface area contributed by atoms with Crippen LogP contribution >= 0.6 is 0 Å². The molecule has 10 aromatic carbocycles. The molecule has 0 spiro atoms. The zero-order valence-electron chi connectivity index (χ0n) is 35.8. The van der Waals surface area contributed by atoms with Crippen LogP contribution in [0, 0.1) is 0 Å². The van der Waals surface area contributed by atoms with Crippen molar-refractivity contribution in [2.24, 2.45) is 0 Å². The van der Waals surface area contributed by atoms with Crippen LogP contribution in [-0.4, -0.2) is 4.57 Å². The van der Waals surface area contributed by atoms with Gasteiger partial charge in [-0.05, 0) is 111 Å². The van der Waals surface area contributed by atoms with Crippen molar-refractivity contribution in [1.82, 2.24) is 4.57 Å². The van der Waals surface area contributed by atoms with E-state index in [0.29, 0.717) is 22.5 Å². The van der Waals surface area contributed by atoms with Gasteiger partial charge in [0.25, 0.3) is 0 Å². The largest absolute Gasteiger partial charge is 0.455 e. The Morgan fingerprint density at radius 3 is 1.81 bits per heavy atom. The second-order valence-corrected chi connectivity index (χ2v) is 15.0. The van der Waals surface area contributed by atoms with Crippen molar-refractivity contribution >= 4 is 82.4 Å². The second-order valence-electron chi connectivity index (χ2n) is 15.0. The molecule has 0 amide bonds. The second kappa shape index (κ2) is 13.4. The van der Waals surface area contributed by atoms with Crippen LogP contribution in [0.2, 0.25) is 0 Å². The smallest absolute Gasteiger partial charge is 0.143 e. The van der Waals surface area contributed by atoms with Gasteiger partial charge in [-0.1, -0.05) is 146 Å². The van der Waals surface area contributed by atoms with Gasteiger partial charge in [-0.2, -0.15) is 0 Å². The number of benzene rings is 10. The summed E-state index contributed by atoms with van der Waals surface area (Å²) in [7, 11) is 0. The molecule has 3 nitrogen and oxygen atoms in total. The topological polar surface area (TPSA) is 21.3 Å². The third-order valence-corrected chi connectivity index (χ3v) is 11.6. The number of hydrogen-bond donors (Lipinski definition) is 0. The fourth-order valence-corrected chi connectivity index (χ4v) is 8.85. The normalized spacial score (nSPS) is 12.7. The van der Waals surface area contributed by atoms with Gasteiger partial charge < -0.3 is 13.9 Å². The van der Waals surface area contributed by atoms with Crippen molar-refractivity contribution in [3.8, 4) is 27.9 Å². The number of fused-ring (bicyclic) bond motifs is 9. The molecule has 0 saturated carbocycles. The standard InChI is InChI=1S/C56H36N2O/c1-2-13-41-35-43(24-23-37(41)11-1)39-27-32-45(33-28-39)57(53-21-10-22-54-55(53)50-34-29-40-12-3-4-16-47(40)56(50)59-54)44-30-25-38(26-31-44)42-14-9-15-46(36-42)58-51-19-7-5-17-48(51)49-18-6-8-20-52(49)58/h1-36H/i27D,28D,32D,33D. The van der Waals surface area contributed by atoms with E-state index < -0.39 is 0 Å². The van der Waals surface area contributed by atoms with Crippen LogP contribution < -0.4 is 4.90 Å². The van der Waals surface area contributed by atoms with Crippen LogP contribution in [0.1, 0.15) is 5.48 Å². The van der Waals surface area contributed by atoms with E-state index in [1.807, 2.05) is 89.8 Å². The van der Waals surface area contributed by atoms with Crippen molar-refractivity contribution in [3.63, 3.8) is 0 Å². The Bertz CT molecular complexity index is 3730. The maximum atomic E-state index is 9.68. The van der Waals surface area contributed by atoms with Crippen LogP contribution in [0.4, 0.5) is 17.1 Å². The van der Waals surface area contributed by atoms with E-state index in [2.05, 4.69) is 114 Å². The highest BCUT2D eigenvalue weighted by Gasteiger charge is 2.21. The lowest BCUT2D eigenvalue weighted by Gasteiger charge is -2.26. The summed E-state index contributed by atoms with van der Waals surface area (Å²) in [5, 5.41) is 8.16. The Labute approximate surface area is 346 Å². The summed E-state index contributed by atoms with van der Waals surface area (Å²) in [5.74, 6) is 0. The van der Waals surface area contributed by atoms with Crippen molar-refractivity contribution in [3.05, 3.63) is 218 Å². The van der Waals surface area contributed by atoms with Gasteiger partial charge in [0, 0.05) is 38.6 Å². The Morgan fingerprint density at radius 2 is 1.03 bits per heavy atom. The third-order valence-electron chi connectivity index (χ3n) is 11.6. The summed E-state index contributed by atoms with van der Waals surface area (Å²) in [6.45, 7) is 0. The monoisotopic (exact) mass is 756 g/mol. The molecule has 0 atom stereocenters. The van der Waals surface area contributed by atoms with E-state index in [0.717, 1.165) is 65.7 Å². The van der Waals surface area contributed by atoms with E-state index in [4.69, 9.17) is 4.42 Å². The molecule has 2 heterocycles. The molecule has 0 radical (unpaired) electrons. The van der Waals surface area contributed by atoms with E-state index in [9.17, 15) is 5.48 Å². The van der Waals surface area contributed by atoms with Crippen molar-refractivity contribution in [2.75, 3.05) is 4.90 Å². The van der Waals surface area contributed by atoms with Crippen LogP contribution in [0.3, 0.4) is 0 Å². The lowest BCUT2D eigenvalue weighted by molar-refractivity contribution is 0.672. The van der Waals surface area contributed by atoms with Gasteiger partial charge >= 0.3 is 0 Å². The molecule has 276 valence electrons. The van der Waals surface area contributed by atoms with Gasteiger partial charge in [0.05, 0.1) is 27.6 Å². The summed E-state index contributed by atoms with van der Waals surface area (Å²) < 4.78 is 47.3. The minimum absolute atomic E-state index is 0.111. The summed E-state index contributed by atoms with van der Waals surface area (Å²) in [6.07, 6.45) is 0. The molecule has 0 N–H and O–H groups in total. The Kier molecular flexibility index (Phi) is 6.65. The van der Waals surface area contributed by atoms with Crippen molar-refractivity contribution < 1.29 is 9.90 Å². The van der Waals surface area contributed by atoms with Crippen molar-refractivity contribution in [1.29, 1.82) is 0 Å². The molecule has 0 aliphatic heterocycles. The first-order chi connectivity index (χ1) is 30.9. The molecule has 12 aromatic rings. The Morgan fingerprint density at radius 1 is 0.407 bits per heavy atom. The van der Waals surface area contributed by atoms with Crippen molar-refractivity contribution in [2.45, 2.75) is 0 Å². The average Bonchev–Trinajstić information content (AvgIpc) is 3.89. The molecular weight excluding hydrogens is 717 g/mol. The number of nitrogens with zero attached hydrogens (tertiary/aromatic N) is 2. The zero-order chi connectivity index (χ0) is 42.3. The number of rotatable bonds is 6. The summed E-state index contributed by atoms with van der Waals surface area (Å²) in [6, 6.07) is 65.0. The number of hydrogen-bond acceptors (Lipinski definition) is 2. The first-order valence-corrected chi connectivity index (χ1v) is 19.8. The maximum Gasteiger partial charge on any atom is 0.143 e. The minimum Gasteiger partial charge on any atom is -0.455 e. The molecule has 0 aliphatic rings. The highest BCUT2D eigenvalue weighted by molar-refractivity contribution is 6.19. The van der Waals surface area contributed by atoms with Crippen LogP contribution in [0.5, 0.6) is 0 Å². The first kappa shape index (κ1) is 29.4. The predicted octanol–water partition coefficient (Wildman–Crippen LogP) is 15.8. The summed E-state index contributed by atoms with van der Waals surface area (Å²) >= 11 is 0. The third kappa shape index (κ3) is 5.44. The lowest BCUT2D eigenvalue weighted by atomic mass is 10.00. The molecule has 0 unspecified atom stereocenters. The average molecular weight is 757 g/mol. The quantitative estimate of drug-likeness (QED) is 0.168. The molecule has 59 heavy (non-hydrogen) atoms. The highest BCUT2D eigenvalue weighted by Crippen LogP contribution is 2.45. The van der Waals surface area contributed by atoms with Crippen LogP contribution in [-0.2, 0) is 0 Å². The van der Waals surface area contributed by atoms with E-state index >= 15 is 0 Å². The molecule has 0 fully saturated rings. The minimum atomic E-state index is -0.141. The van der Waals surface area contributed by atoms with Gasteiger partial charge in [-0.15, -0.1) is 0 Å². The molecule has 12 rings (SSSR count). The Hall–Kier alpha value is -7.88. The molecule has 2 aromatic heterocycles. The maximum absolute atomic E-state index is 9.68. The van der Waals surface area contributed by atoms with Gasteiger partial charge in [-0.25, -0.2) is 0 Å². The molecule has 0 saturated heterocycles. The first-order valence-electron chi connectivity index (χ1n) is 21.8. The molecule has 0 aliphatic carbocycles. The molecule has 0 bridgehead atoms. The molecular formula is C56H36N2O. The van der Waals surface area contributed by atoms with Gasteiger partial charge in [0.15, 0.2) is 0 Å². The van der Waals surface area contributed by atoms with Crippen LogP contribution in [0.25, 0.3) is 93.2 Å².